The first-order valence-corrected chi connectivity index (χ1v) is 13.6. The van der Waals surface area contributed by atoms with Crippen molar-refractivity contribution in [1.29, 1.82) is 0 Å². The van der Waals surface area contributed by atoms with Crippen LogP contribution < -0.4 is 16.0 Å². The highest BCUT2D eigenvalue weighted by molar-refractivity contribution is 6.04. The van der Waals surface area contributed by atoms with E-state index >= 15 is 0 Å². The fraction of sp³-hybridized carbons (Fsp3) is 0.226. The molecular weight excluding hydrogens is 559 g/mol. The van der Waals surface area contributed by atoms with E-state index in [1.807, 2.05) is 48.0 Å². The average molecular weight is 588 g/mol. The topological polar surface area (TPSA) is 111 Å². The number of benzene rings is 2. The lowest BCUT2D eigenvalue weighted by Crippen LogP contribution is -2.37. The first kappa shape index (κ1) is 28.2. The number of carbonyl (C=O) groups is 1. The van der Waals surface area contributed by atoms with E-state index in [4.69, 9.17) is 15.5 Å². The monoisotopic (exact) mass is 587 g/mol. The molecule has 3 N–H and O–H groups in total. The third kappa shape index (κ3) is 5.37. The van der Waals surface area contributed by atoms with Gasteiger partial charge in [-0.25, -0.2) is 9.97 Å². The number of pyridine rings is 1. The summed E-state index contributed by atoms with van der Waals surface area (Å²) in [4.78, 5) is 27.8. The van der Waals surface area contributed by atoms with Crippen LogP contribution in [-0.2, 0) is 10.9 Å². The van der Waals surface area contributed by atoms with Gasteiger partial charge in [0.2, 0.25) is 5.91 Å². The quantitative estimate of drug-likeness (QED) is 0.272. The van der Waals surface area contributed by atoms with Crippen molar-refractivity contribution in [2.45, 2.75) is 13.1 Å². The van der Waals surface area contributed by atoms with Crippen LogP contribution in [0.3, 0.4) is 0 Å². The number of nitrogens with one attached hydrogen (secondary N) is 1. The molecule has 6 rings (SSSR count). The number of anilines is 2. The first-order chi connectivity index (χ1) is 20.6. The van der Waals surface area contributed by atoms with Gasteiger partial charge in [0.15, 0.2) is 0 Å². The Bertz CT molecular complexity index is 1850. The van der Waals surface area contributed by atoms with E-state index < -0.39 is 17.6 Å². The number of hydrogen-bond acceptors (Lipinski definition) is 7. The minimum absolute atomic E-state index is 0.201. The van der Waals surface area contributed by atoms with Crippen molar-refractivity contribution >= 4 is 28.3 Å². The van der Waals surface area contributed by atoms with E-state index in [9.17, 15) is 18.0 Å². The number of primary amides is 1. The van der Waals surface area contributed by atoms with Gasteiger partial charge in [0.25, 0.3) is 0 Å². The molecule has 3 aromatic heterocycles. The van der Waals surface area contributed by atoms with Crippen molar-refractivity contribution in [3.63, 3.8) is 0 Å². The minimum atomic E-state index is -4.66. The van der Waals surface area contributed by atoms with Crippen LogP contribution in [-0.4, -0.2) is 58.8 Å². The number of aromatic nitrogens is 4. The molecule has 1 aliphatic rings. The highest BCUT2D eigenvalue weighted by Crippen LogP contribution is 2.42. The summed E-state index contributed by atoms with van der Waals surface area (Å²) >= 11 is 0. The first-order valence-electron chi connectivity index (χ1n) is 13.6. The van der Waals surface area contributed by atoms with Crippen LogP contribution in [0.5, 0.6) is 0 Å². The summed E-state index contributed by atoms with van der Waals surface area (Å²) in [6.45, 7) is 3.38. The van der Waals surface area contributed by atoms with Gasteiger partial charge in [0.05, 0.1) is 30.0 Å². The number of carbonyl (C=O) groups excluding carboxylic acids is 1. The summed E-state index contributed by atoms with van der Waals surface area (Å²) in [6.07, 6.45) is 0.486. The summed E-state index contributed by atoms with van der Waals surface area (Å²) in [5.41, 5.74) is 8.91. The number of morpholine rings is 1. The van der Waals surface area contributed by atoms with E-state index in [-0.39, 0.29) is 11.3 Å². The number of alkyl halides is 3. The van der Waals surface area contributed by atoms with E-state index in [0.29, 0.717) is 54.8 Å². The maximum Gasteiger partial charge on any atom is 0.416 e. The molecule has 9 nitrogen and oxygen atoms in total. The summed E-state index contributed by atoms with van der Waals surface area (Å²) < 4.78 is 49.2. The van der Waals surface area contributed by atoms with Crippen molar-refractivity contribution in [1.82, 2.24) is 19.5 Å². The molecule has 0 aliphatic carbocycles. The molecule has 0 bridgehead atoms. The Morgan fingerprint density at radius 2 is 1.81 bits per heavy atom. The summed E-state index contributed by atoms with van der Waals surface area (Å²) in [6, 6.07) is 13.1. The molecule has 0 unspecified atom stereocenters. The highest BCUT2D eigenvalue weighted by atomic mass is 19.4. The van der Waals surface area contributed by atoms with Crippen molar-refractivity contribution in [2.24, 2.45) is 5.73 Å². The molecule has 2 aromatic carbocycles. The Balaban J connectivity index is 1.52. The second-order valence-electron chi connectivity index (χ2n) is 10.2. The zero-order valence-electron chi connectivity index (χ0n) is 23.4. The minimum Gasteiger partial charge on any atom is -0.378 e. The second kappa shape index (κ2) is 11.0. The number of rotatable bonds is 6. The van der Waals surface area contributed by atoms with Crippen LogP contribution in [0.15, 0.2) is 67.3 Å². The SMILES string of the molecule is CNc1cc(-n2ccc3cnc(-c4cc(-c5c(C(N)=O)cc(C(F)(F)F)cc5N5CCOCC5)ccc4C)cc32)ncn1. The lowest BCUT2D eigenvalue weighted by atomic mass is 9.91. The van der Waals surface area contributed by atoms with Crippen LogP contribution in [0, 0.1) is 6.92 Å². The Hall–Kier alpha value is -4.97. The molecule has 0 saturated carbocycles. The van der Waals surface area contributed by atoms with E-state index in [1.54, 1.807) is 24.2 Å². The molecule has 1 aliphatic heterocycles. The Labute approximate surface area is 245 Å². The summed E-state index contributed by atoms with van der Waals surface area (Å²) in [5.74, 6) is 0.395. The van der Waals surface area contributed by atoms with Crippen molar-refractivity contribution in [3.05, 3.63) is 83.9 Å². The molecule has 1 fully saturated rings. The van der Waals surface area contributed by atoms with Crippen LogP contribution in [0.4, 0.5) is 24.7 Å². The highest BCUT2D eigenvalue weighted by Gasteiger charge is 2.34. The fourth-order valence-electron chi connectivity index (χ4n) is 5.39. The molecule has 0 spiro atoms. The molecule has 0 atom stereocenters. The number of hydrogen-bond donors (Lipinski definition) is 2. The van der Waals surface area contributed by atoms with E-state index in [0.717, 1.165) is 34.2 Å². The number of ether oxygens (including phenoxy) is 1. The average Bonchev–Trinajstić information content (AvgIpc) is 3.44. The predicted molar refractivity (Wildman–Crippen MR) is 158 cm³/mol. The van der Waals surface area contributed by atoms with Gasteiger partial charge in [0, 0.05) is 66.4 Å². The molecule has 43 heavy (non-hydrogen) atoms. The van der Waals surface area contributed by atoms with Gasteiger partial charge in [0.1, 0.15) is 18.0 Å². The normalized spacial score (nSPS) is 13.8. The number of aryl methyl sites for hydroxylation is 1. The van der Waals surface area contributed by atoms with Crippen molar-refractivity contribution in [2.75, 3.05) is 43.6 Å². The molecule has 0 radical (unpaired) electrons. The van der Waals surface area contributed by atoms with Gasteiger partial charge in [-0.3, -0.25) is 9.78 Å². The zero-order chi connectivity index (χ0) is 30.3. The standard InChI is InChI=1S/C31H28F3N7O2/c1-18-3-4-19(29-23(30(35)42)12-21(31(32,33)34)13-26(29)40-7-9-43-10-8-40)11-22(18)24-14-25-20(16-37-24)5-6-41(25)28-15-27(36-2)38-17-39-28/h3-6,11-17H,7-10H2,1-2H3,(H2,35,42)(H,36,38,39). The lowest BCUT2D eigenvalue weighted by molar-refractivity contribution is -0.137. The summed E-state index contributed by atoms with van der Waals surface area (Å²) in [7, 11) is 1.78. The Morgan fingerprint density at radius 1 is 1.02 bits per heavy atom. The molecule has 1 saturated heterocycles. The number of nitrogens with zero attached hydrogens (tertiary/aromatic N) is 5. The zero-order valence-corrected chi connectivity index (χ0v) is 23.4. The van der Waals surface area contributed by atoms with Crippen LogP contribution in [0.2, 0.25) is 0 Å². The van der Waals surface area contributed by atoms with Gasteiger partial charge in [-0.05, 0) is 48.4 Å². The number of nitrogens with two attached hydrogens (primary N) is 1. The summed E-state index contributed by atoms with van der Waals surface area (Å²) in [5, 5.41) is 3.91. The van der Waals surface area contributed by atoms with Crippen molar-refractivity contribution < 1.29 is 22.7 Å². The van der Waals surface area contributed by atoms with Crippen molar-refractivity contribution in [3.8, 4) is 28.2 Å². The number of fused-ring (bicyclic) bond motifs is 1. The van der Waals surface area contributed by atoms with E-state index in [2.05, 4.69) is 15.3 Å². The maximum absolute atomic E-state index is 13.9. The van der Waals surface area contributed by atoms with Gasteiger partial charge in [-0.2, -0.15) is 13.2 Å². The lowest BCUT2D eigenvalue weighted by Gasteiger charge is -2.32. The van der Waals surface area contributed by atoms with Crippen LogP contribution >= 0.6 is 0 Å². The van der Waals surface area contributed by atoms with Gasteiger partial charge in [-0.1, -0.05) is 12.1 Å². The predicted octanol–water partition coefficient (Wildman–Crippen LogP) is 5.45. The number of halogens is 3. The third-order valence-corrected chi connectivity index (χ3v) is 7.59. The van der Waals surface area contributed by atoms with Gasteiger partial charge in [-0.15, -0.1) is 0 Å². The Kier molecular flexibility index (Phi) is 7.22. The molecule has 12 heteroatoms. The second-order valence-corrected chi connectivity index (χ2v) is 10.2. The molecule has 220 valence electrons. The van der Waals surface area contributed by atoms with Gasteiger partial charge < -0.3 is 25.3 Å². The molecular formula is C31H28F3N7O2. The van der Waals surface area contributed by atoms with E-state index in [1.165, 1.54) is 6.33 Å². The fourth-order valence-corrected chi connectivity index (χ4v) is 5.39. The van der Waals surface area contributed by atoms with Crippen LogP contribution in [0.25, 0.3) is 39.1 Å². The largest absolute Gasteiger partial charge is 0.416 e. The molecule has 4 heterocycles. The third-order valence-electron chi connectivity index (χ3n) is 7.59. The molecule has 5 aromatic rings. The smallest absolute Gasteiger partial charge is 0.378 e. The number of amides is 1. The van der Waals surface area contributed by atoms with Crippen LogP contribution in [0.1, 0.15) is 21.5 Å². The Morgan fingerprint density at radius 3 is 2.53 bits per heavy atom. The molecule has 1 amide bonds. The van der Waals surface area contributed by atoms with Gasteiger partial charge >= 0.3 is 6.18 Å². The maximum atomic E-state index is 13.9.